The van der Waals surface area contributed by atoms with Gasteiger partial charge < -0.3 is 5.11 Å². The molecule has 0 radical (unpaired) electrons. The summed E-state index contributed by atoms with van der Waals surface area (Å²) in [5, 5.41) is 9.41. The maximum atomic E-state index is 9.41. The van der Waals surface area contributed by atoms with E-state index >= 15 is 0 Å². The predicted molar refractivity (Wildman–Crippen MR) is 68.1 cm³/mol. The summed E-state index contributed by atoms with van der Waals surface area (Å²) in [6.45, 7) is 7.50. The summed E-state index contributed by atoms with van der Waals surface area (Å²) >= 11 is 0. The smallest absolute Gasteiger partial charge is 0.0459 e. The van der Waals surface area contributed by atoms with E-state index in [9.17, 15) is 5.11 Å². The minimum Gasteiger partial charge on any atom is -0.396 e. The molecule has 6 atom stereocenters. The number of hydrogen-bond donors (Lipinski definition) is 1. The lowest BCUT2D eigenvalue weighted by molar-refractivity contribution is 0.00169. The van der Waals surface area contributed by atoms with Crippen LogP contribution in [0.5, 0.6) is 0 Å². The molecule has 2 rings (SSSR count). The van der Waals surface area contributed by atoms with Crippen molar-refractivity contribution < 1.29 is 5.11 Å². The van der Waals surface area contributed by atoms with E-state index < -0.39 is 0 Å². The zero-order valence-corrected chi connectivity index (χ0v) is 11.2. The predicted octanol–water partition coefficient (Wildman–Crippen LogP) is 3.71. The molecule has 0 bridgehead atoms. The molecule has 2 aliphatic carbocycles. The van der Waals surface area contributed by atoms with Crippen molar-refractivity contribution in [3.05, 3.63) is 0 Å². The molecule has 0 amide bonds. The highest BCUT2D eigenvalue weighted by molar-refractivity contribution is 4.91. The van der Waals surface area contributed by atoms with Crippen LogP contribution in [0.25, 0.3) is 0 Å². The summed E-state index contributed by atoms with van der Waals surface area (Å²) < 4.78 is 0. The van der Waals surface area contributed by atoms with Gasteiger partial charge in [-0.3, -0.25) is 0 Å². The molecule has 1 nitrogen and oxygen atoms in total. The van der Waals surface area contributed by atoms with Gasteiger partial charge in [0.15, 0.2) is 0 Å². The van der Waals surface area contributed by atoms with Crippen molar-refractivity contribution >= 4 is 0 Å². The molecular formula is C15H28O. The number of hydrogen-bond acceptors (Lipinski definition) is 1. The van der Waals surface area contributed by atoms with Crippen LogP contribution in [0.2, 0.25) is 0 Å². The van der Waals surface area contributed by atoms with Gasteiger partial charge in [0.2, 0.25) is 0 Å². The fraction of sp³-hybridized carbons (Fsp3) is 1.00. The minimum absolute atomic E-state index is 0.386. The molecule has 94 valence electrons. The number of fused-ring (bicyclic) bond motifs is 1. The van der Waals surface area contributed by atoms with Gasteiger partial charge in [0, 0.05) is 6.61 Å². The molecule has 16 heavy (non-hydrogen) atoms. The van der Waals surface area contributed by atoms with Crippen LogP contribution in [-0.2, 0) is 0 Å². The summed E-state index contributed by atoms with van der Waals surface area (Å²) in [6.07, 6.45) is 7.05. The van der Waals surface area contributed by atoms with Gasteiger partial charge in [0.25, 0.3) is 0 Å². The molecule has 0 aromatic carbocycles. The molecule has 2 aliphatic rings. The molecule has 0 aliphatic heterocycles. The van der Waals surface area contributed by atoms with E-state index in [0.717, 1.165) is 29.6 Å². The summed E-state index contributed by atoms with van der Waals surface area (Å²) in [5.41, 5.74) is 0. The van der Waals surface area contributed by atoms with Crippen molar-refractivity contribution in [2.75, 3.05) is 6.61 Å². The topological polar surface area (TPSA) is 20.2 Å². The zero-order chi connectivity index (χ0) is 11.7. The summed E-state index contributed by atoms with van der Waals surface area (Å²) in [7, 11) is 0. The lowest BCUT2D eigenvalue weighted by Crippen LogP contribution is -2.40. The Balaban J connectivity index is 2.09. The average molecular weight is 224 g/mol. The largest absolute Gasteiger partial charge is 0.396 e. The SMILES string of the molecule is CC1CCC2C(C)CCC(C(C)CO)C2C1. The molecule has 0 aromatic rings. The zero-order valence-electron chi connectivity index (χ0n) is 11.2. The molecule has 2 fully saturated rings. The number of aliphatic hydroxyl groups excluding tert-OH is 1. The van der Waals surface area contributed by atoms with Crippen molar-refractivity contribution in [3.63, 3.8) is 0 Å². The first-order valence-corrected chi connectivity index (χ1v) is 7.24. The van der Waals surface area contributed by atoms with Crippen molar-refractivity contribution in [1.29, 1.82) is 0 Å². The van der Waals surface area contributed by atoms with E-state index in [1.54, 1.807) is 0 Å². The highest BCUT2D eigenvalue weighted by atomic mass is 16.3. The van der Waals surface area contributed by atoms with E-state index in [4.69, 9.17) is 0 Å². The lowest BCUT2D eigenvalue weighted by Gasteiger charge is -2.48. The van der Waals surface area contributed by atoms with Crippen LogP contribution in [0.3, 0.4) is 0 Å². The van der Waals surface area contributed by atoms with E-state index in [1.807, 2.05) is 0 Å². The second kappa shape index (κ2) is 5.08. The second-order valence-corrected chi connectivity index (χ2v) is 6.62. The Bertz CT molecular complexity index is 225. The highest BCUT2D eigenvalue weighted by Gasteiger charge is 2.41. The summed E-state index contributed by atoms with van der Waals surface area (Å²) in [4.78, 5) is 0. The molecule has 0 saturated heterocycles. The number of aliphatic hydroxyl groups is 1. The highest BCUT2D eigenvalue weighted by Crippen LogP contribution is 2.50. The van der Waals surface area contributed by atoms with Gasteiger partial charge in [-0.1, -0.05) is 33.6 Å². The van der Waals surface area contributed by atoms with Crippen LogP contribution in [0, 0.1) is 35.5 Å². The quantitative estimate of drug-likeness (QED) is 0.758. The van der Waals surface area contributed by atoms with E-state index in [1.165, 1.54) is 32.1 Å². The van der Waals surface area contributed by atoms with Crippen LogP contribution < -0.4 is 0 Å². The Kier molecular flexibility index (Phi) is 3.94. The van der Waals surface area contributed by atoms with Crippen molar-refractivity contribution in [3.8, 4) is 0 Å². The fourth-order valence-corrected chi connectivity index (χ4v) is 4.37. The van der Waals surface area contributed by atoms with Gasteiger partial charge in [-0.15, -0.1) is 0 Å². The van der Waals surface area contributed by atoms with Crippen molar-refractivity contribution in [1.82, 2.24) is 0 Å². The van der Waals surface area contributed by atoms with Crippen LogP contribution in [0.1, 0.15) is 52.9 Å². The van der Waals surface area contributed by atoms with Gasteiger partial charge in [-0.25, -0.2) is 0 Å². The molecule has 1 N–H and O–H groups in total. The van der Waals surface area contributed by atoms with E-state index in [0.29, 0.717) is 12.5 Å². The molecule has 0 heterocycles. The third kappa shape index (κ3) is 2.30. The lowest BCUT2D eigenvalue weighted by atomic mass is 9.57. The van der Waals surface area contributed by atoms with Gasteiger partial charge in [0.1, 0.15) is 0 Å². The molecule has 0 aromatic heterocycles. The standard InChI is InChI=1S/C15H28O/c1-10-4-6-13-11(2)5-7-14(12(3)9-16)15(13)8-10/h10-16H,4-9H2,1-3H3. The van der Waals surface area contributed by atoms with Crippen LogP contribution >= 0.6 is 0 Å². The Hall–Kier alpha value is -0.0400. The molecular weight excluding hydrogens is 196 g/mol. The maximum Gasteiger partial charge on any atom is 0.0459 e. The maximum absolute atomic E-state index is 9.41. The van der Waals surface area contributed by atoms with Crippen LogP contribution in [0.4, 0.5) is 0 Å². The van der Waals surface area contributed by atoms with Gasteiger partial charge in [-0.05, 0) is 54.8 Å². The monoisotopic (exact) mass is 224 g/mol. The molecule has 1 heteroatoms. The minimum atomic E-state index is 0.386. The normalized spacial score (nSPS) is 46.1. The first-order chi connectivity index (χ1) is 7.63. The Morgan fingerprint density at radius 2 is 1.81 bits per heavy atom. The van der Waals surface area contributed by atoms with Crippen LogP contribution in [-0.4, -0.2) is 11.7 Å². The summed E-state index contributed by atoms with van der Waals surface area (Å²) in [5.74, 6) is 5.04. The first-order valence-electron chi connectivity index (χ1n) is 7.24. The fourth-order valence-electron chi connectivity index (χ4n) is 4.37. The van der Waals surface area contributed by atoms with E-state index in [-0.39, 0.29) is 0 Å². The number of rotatable bonds is 2. The third-order valence-electron chi connectivity index (χ3n) is 5.47. The summed E-state index contributed by atoms with van der Waals surface area (Å²) in [6, 6.07) is 0. The Labute approximate surface area is 101 Å². The molecule has 6 unspecified atom stereocenters. The second-order valence-electron chi connectivity index (χ2n) is 6.62. The average Bonchev–Trinajstić information content (AvgIpc) is 2.28. The van der Waals surface area contributed by atoms with Crippen molar-refractivity contribution in [2.24, 2.45) is 35.5 Å². The first kappa shape index (κ1) is 12.4. The van der Waals surface area contributed by atoms with Crippen molar-refractivity contribution in [2.45, 2.75) is 52.9 Å². The van der Waals surface area contributed by atoms with Gasteiger partial charge in [0.05, 0.1) is 0 Å². The molecule has 2 saturated carbocycles. The van der Waals surface area contributed by atoms with E-state index in [2.05, 4.69) is 20.8 Å². The van der Waals surface area contributed by atoms with Gasteiger partial charge >= 0.3 is 0 Å². The van der Waals surface area contributed by atoms with Gasteiger partial charge in [-0.2, -0.15) is 0 Å². The Morgan fingerprint density at radius 3 is 2.50 bits per heavy atom. The Morgan fingerprint density at radius 1 is 1.06 bits per heavy atom. The van der Waals surface area contributed by atoms with Crippen LogP contribution in [0.15, 0.2) is 0 Å². The third-order valence-corrected chi connectivity index (χ3v) is 5.47. The molecule has 0 spiro atoms.